The molecule has 0 aromatic rings. The van der Waals surface area contributed by atoms with Crippen LogP contribution in [0.4, 0.5) is 0 Å². The second-order valence-electron chi connectivity index (χ2n) is 7.42. The van der Waals surface area contributed by atoms with Crippen molar-refractivity contribution in [3.05, 3.63) is 0 Å². The third kappa shape index (κ3) is 2.47. The van der Waals surface area contributed by atoms with Crippen LogP contribution in [0.1, 0.15) is 66.2 Å². The average Bonchev–Trinajstić information content (AvgIpc) is 2.14. The molecule has 5 unspecified atom stereocenters. The lowest BCUT2D eigenvalue weighted by Crippen LogP contribution is -2.45. The molecule has 0 radical (unpaired) electrons. The Bertz CT molecular complexity index is 260. The quantitative estimate of drug-likeness (QED) is 0.603. The SMILES string of the molecule is CCC1(C)CC2CC(C(C)C)CC(P)(C2)C1. The molecule has 0 amide bonds. The molecule has 0 N–H and O–H groups in total. The highest BCUT2D eigenvalue weighted by molar-refractivity contribution is 7.19. The third-order valence-electron chi connectivity index (χ3n) is 5.36. The normalized spacial score (nSPS) is 48.4. The molecule has 2 rings (SSSR count). The summed E-state index contributed by atoms with van der Waals surface area (Å²) in [4.78, 5) is 0. The van der Waals surface area contributed by atoms with Crippen LogP contribution in [0.3, 0.4) is 0 Å². The Kier molecular flexibility index (Phi) is 3.44. The molecular weight excluding hydrogens is 211 g/mol. The van der Waals surface area contributed by atoms with Crippen LogP contribution in [0.2, 0.25) is 0 Å². The molecule has 2 saturated carbocycles. The second-order valence-corrected chi connectivity index (χ2v) is 8.65. The summed E-state index contributed by atoms with van der Waals surface area (Å²) < 4.78 is 0. The van der Waals surface area contributed by atoms with Crippen molar-refractivity contribution in [2.24, 2.45) is 23.2 Å². The molecule has 2 aliphatic rings. The first kappa shape index (κ1) is 12.9. The molecule has 0 nitrogen and oxygen atoms in total. The molecule has 0 spiro atoms. The van der Waals surface area contributed by atoms with Gasteiger partial charge in [-0.2, -0.15) is 0 Å². The lowest BCUT2D eigenvalue weighted by atomic mass is 9.57. The van der Waals surface area contributed by atoms with E-state index in [1.807, 2.05) is 0 Å². The monoisotopic (exact) mass is 240 g/mol. The summed E-state index contributed by atoms with van der Waals surface area (Å²) in [6.45, 7) is 9.74. The molecule has 16 heavy (non-hydrogen) atoms. The highest BCUT2D eigenvalue weighted by Gasteiger charge is 2.47. The van der Waals surface area contributed by atoms with Gasteiger partial charge in [0.2, 0.25) is 0 Å². The first-order valence-corrected chi connectivity index (χ1v) is 7.72. The summed E-state index contributed by atoms with van der Waals surface area (Å²) in [5.41, 5.74) is 0.632. The van der Waals surface area contributed by atoms with E-state index in [0.717, 1.165) is 17.8 Å². The summed E-state index contributed by atoms with van der Waals surface area (Å²) in [5.74, 6) is 2.88. The Morgan fingerprint density at radius 2 is 1.94 bits per heavy atom. The molecule has 5 atom stereocenters. The number of fused-ring (bicyclic) bond motifs is 2. The lowest BCUT2D eigenvalue weighted by Gasteiger charge is -2.54. The number of hydrogen-bond acceptors (Lipinski definition) is 0. The Morgan fingerprint density at radius 1 is 1.25 bits per heavy atom. The third-order valence-corrected chi connectivity index (χ3v) is 6.03. The molecular formula is C15H29P. The maximum atomic E-state index is 3.26. The summed E-state index contributed by atoms with van der Waals surface area (Å²) in [7, 11) is 3.26. The molecule has 1 heteroatoms. The van der Waals surface area contributed by atoms with Gasteiger partial charge >= 0.3 is 0 Å². The molecule has 0 aromatic carbocycles. The zero-order valence-corrected chi connectivity index (χ0v) is 12.7. The topological polar surface area (TPSA) is 0 Å². The summed E-state index contributed by atoms with van der Waals surface area (Å²) >= 11 is 0. The van der Waals surface area contributed by atoms with Crippen LogP contribution in [0.25, 0.3) is 0 Å². The summed E-state index contributed by atoms with van der Waals surface area (Å²) in [5, 5.41) is 0.584. The zero-order chi connectivity index (χ0) is 12.0. The van der Waals surface area contributed by atoms with E-state index in [-0.39, 0.29) is 0 Å². The minimum absolute atomic E-state index is 0.584. The predicted octanol–water partition coefficient (Wildman–Crippen LogP) is 4.88. The Balaban J connectivity index is 2.14. The van der Waals surface area contributed by atoms with Crippen LogP contribution in [-0.2, 0) is 0 Å². The Morgan fingerprint density at radius 3 is 2.44 bits per heavy atom. The first-order valence-electron chi connectivity index (χ1n) is 7.15. The van der Waals surface area contributed by atoms with Crippen LogP contribution in [0, 0.1) is 23.2 Å². The van der Waals surface area contributed by atoms with Crippen LogP contribution in [-0.4, -0.2) is 5.16 Å². The molecule has 0 saturated heterocycles. The van der Waals surface area contributed by atoms with Crippen molar-refractivity contribution in [1.82, 2.24) is 0 Å². The number of hydrogen-bond donors (Lipinski definition) is 0. The van der Waals surface area contributed by atoms with Gasteiger partial charge in [0.15, 0.2) is 0 Å². The molecule has 2 aliphatic carbocycles. The zero-order valence-electron chi connectivity index (χ0n) is 11.6. The van der Waals surface area contributed by atoms with Gasteiger partial charge in [-0.15, -0.1) is 9.24 Å². The van der Waals surface area contributed by atoms with E-state index in [9.17, 15) is 0 Å². The van der Waals surface area contributed by atoms with Gasteiger partial charge in [-0.3, -0.25) is 0 Å². The van der Waals surface area contributed by atoms with E-state index < -0.39 is 0 Å². The number of rotatable bonds is 2. The van der Waals surface area contributed by atoms with E-state index in [2.05, 4.69) is 36.9 Å². The van der Waals surface area contributed by atoms with Gasteiger partial charge in [0.05, 0.1) is 0 Å². The van der Waals surface area contributed by atoms with E-state index >= 15 is 0 Å². The minimum atomic E-state index is 0.584. The highest BCUT2D eigenvalue weighted by Crippen LogP contribution is 2.58. The van der Waals surface area contributed by atoms with Crippen LogP contribution in [0.5, 0.6) is 0 Å². The summed E-state index contributed by atoms with van der Waals surface area (Å²) in [6, 6.07) is 0. The van der Waals surface area contributed by atoms with Gasteiger partial charge in [0.25, 0.3) is 0 Å². The van der Waals surface area contributed by atoms with Crippen molar-refractivity contribution < 1.29 is 0 Å². The second kappa shape index (κ2) is 4.27. The van der Waals surface area contributed by atoms with E-state index in [0.29, 0.717) is 10.6 Å². The standard InChI is InChI=1S/C15H29P/c1-5-14(4)7-12-6-13(11(2)3)9-15(16,8-12)10-14/h11-13H,5-10,16H2,1-4H3. The van der Waals surface area contributed by atoms with Gasteiger partial charge in [-0.25, -0.2) is 0 Å². The molecule has 0 aromatic heterocycles. The van der Waals surface area contributed by atoms with E-state index in [1.54, 1.807) is 0 Å². The molecule has 94 valence electrons. The maximum absolute atomic E-state index is 3.26. The van der Waals surface area contributed by atoms with Crippen molar-refractivity contribution in [3.8, 4) is 0 Å². The summed E-state index contributed by atoms with van der Waals surface area (Å²) in [6.07, 6.45) is 8.75. The van der Waals surface area contributed by atoms with Crippen molar-refractivity contribution in [2.75, 3.05) is 0 Å². The first-order chi connectivity index (χ1) is 7.36. The minimum Gasteiger partial charge on any atom is -0.131 e. The van der Waals surface area contributed by atoms with Gasteiger partial charge in [0.1, 0.15) is 0 Å². The van der Waals surface area contributed by atoms with Gasteiger partial charge in [-0.1, -0.05) is 34.1 Å². The molecule has 0 heterocycles. The predicted molar refractivity (Wildman–Crippen MR) is 75.7 cm³/mol. The van der Waals surface area contributed by atoms with E-state index in [4.69, 9.17) is 0 Å². The average molecular weight is 240 g/mol. The smallest absolute Gasteiger partial charge is 0.0140 e. The largest absolute Gasteiger partial charge is 0.131 e. The van der Waals surface area contributed by atoms with Gasteiger partial charge < -0.3 is 0 Å². The Hall–Kier alpha value is 0.430. The van der Waals surface area contributed by atoms with Crippen molar-refractivity contribution in [3.63, 3.8) is 0 Å². The van der Waals surface area contributed by atoms with Gasteiger partial charge in [-0.05, 0) is 60.4 Å². The van der Waals surface area contributed by atoms with Gasteiger partial charge in [0, 0.05) is 0 Å². The lowest BCUT2D eigenvalue weighted by molar-refractivity contribution is 0.0452. The van der Waals surface area contributed by atoms with Crippen molar-refractivity contribution in [2.45, 2.75) is 71.4 Å². The fourth-order valence-electron chi connectivity index (χ4n) is 4.47. The van der Waals surface area contributed by atoms with E-state index in [1.165, 1.54) is 38.5 Å². The molecule has 0 aliphatic heterocycles. The fourth-order valence-corrected chi connectivity index (χ4v) is 5.60. The highest BCUT2D eigenvalue weighted by atomic mass is 31.0. The fraction of sp³-hybridized carbons (Fsp3) is 1.00. The molecule has 2 bridgehead atoms. The maximum Gasteiger partial charge on any atom is -0.0140 e. The van der Waals surface area contributed by atoms with Crippen molar-refractivity contribution in [1.29, 1.82) is 0 Å². The van der Waals surface area contributed by atoms with Crippen LogP contribution in [0.15, 0.2) is 0 Å². The van der Waals surface area contributed by atoms with Crippen molar-refractivity contribution >= 4 is 9.24 Å². The van der Waals surface area contributed by atoms with Crippen LogP contribution < -0.4 is 0 Å². The Labute approximate surface area is 104 Å². The molecule has 2 fully saturated rings. The van der Waals surface area contributed by atoms with Crippen LogP contribution >= 0.6 is 9.24 Å².